The first-order valence-electron chi connectivity index (χ1n) is 4.25. The molecule has 0 aromatic carbocycles. The number of nitrogens with zero attached hydrogens (tertiary/aromatic N) is 1. The van der Waals surface area contributed by atoms with E-state index >= 15 is 0 Å². The molecule has 0 bridgehead atoms. The Morgan fingerprint density at radius 2 is 2.33 bits per heavy atom. The third kappa shape index (κ3) is 2.24. The van der Waals surface area contributed by atoms with Crippen molar-refractivity contribution in [1.29, 1.82) is 0 Å². The smallest absolute Gasteiger partial charge is 0.0828 e. The molecule has 1 unspecified atom stereocenters. The molecule has 1 rings (SSSR count). The van der Waals surface area contributed by atoms with Gasteiger partial charge in [0, 0.05) is 13.1 Å². The van der Waals surface area contributed by atoms with E-state index in [9.17, 15) is 0 Å². The Morgan fingerprint density at radius 3 is 3.00 bits per heavy atom. The minimum atomic E-state index is 0.394. The largest absolute Gasteiger partial charge is 0.375 e. The Bertz CT molecular complexity index is 164. The summed E-state index contributed by atoms with van der Waals surface area (Å²) < 4.78 is 0. The molecule has 0 saturated heterocycles. The van der Waals surface area contributed by atoms with Crippen molar-refractivity contribution in [1.82, 2.24) is 10.2 Å². The predicted octanol–water partition coefficient (Wildman–Crippen LogP) is 1.49. The van der Waals surface area contributed by atoms with Crippen LogP contribution in [-0.2, 0) is 0 Å². The maximum Gasteiger partial charge on any atom is 0.0828 e. The van der Waals surface area contributed by atoms with Gasteiger partial charge in [-0.15, -0.1) is 13.2 Å². The van der Waals surface area contributed by atoms with Crippen molar-refractivity contribution in [2.24, 2.45) is 0 Å². The van der Waals surface area contributed by atoms with Gasteiger partial charge in [-0.1, -0.05) is 18.2 Å². The van der Waals surface area contributed by atoms with Crippen LogP contribution in [0, 0.1) is 0 Å². The number of nitrogens with one attached hydrogen (secondary N) is 1. The number of hydrogen-bond acceptors (Lipinski definition) is 2. The molecule has 2 heteroatoms. The maximum absolute atomic E-state index is 3.73. The third-order valence-corrected chi connectivity index (χ3v) is 1.94. The minimum absolute atomic E-state index is 0.394. The van der Waals surface area contributed by atoms with Crippen LogP contribution in [0.3, 0.4) is 0 Å². The molecule has 1 atom stereocenters. The van der Waals surface area contributed by atoms with Crippen LogP contribution < -0.4 is 5.32 Å². The fourth-order valence-corrected chi connectivity index (χ4v) is 1.34. The lowest BCUT2D eigenvalue weighted by Gasteiger charge is -2.32. The highest BCUT2D eigenvalue weighted by Gasteiger charge is 2.15. The molecule has 0 amide bonds. The molecule has 0 saturated carbocycles. The van der Waals surface area contributed by atoms with Gasteiger partial charge in [-0.2, -0.15) is 0 Å². The topological polar surface area (TPSA) is 15.3 Å². The van der Waals surface area contributed by atoms with E-state index in [4.69, 9.17) is 0 Å². The Balaban J connectivity index is 2.49. The predicted molar refractivity (Wildman–Crippen MR) is 52.6 cm³/mol. The van der Waals surface area contributed by atoms with Crippen LogP contribution in [-0.4, -0.2) is 24.2 Å². The zero-order valence-electron chi connectivity index (χ0n) is 7.37. The lowest BCUT2D eigenvalue weighted by atomic mass is 10.2. The molecule has 1 aliphatic heterocycles. The summed E-state index contributed by atoms with van der Waals surface area (Å²) >= 11 is 0. The fourth-order valence-electron chi connectivity index (χ4n) is 1.34. The van der Waals surface area contributed by atoms with E-state index < -0.39 is 0 Å². The van der Waals surface area contributed by atoms with Crippen molar-refractivity contribution >= 4 is 0 Å². The molecule has 2 nitrogen and oxygen atoms in total. The highest BCUT2D eigenvalue weighted by atomic mass is 15.3. The molecular formula is C10H16N2. The Morgan fingerprint density at radius 1 is 1.50 bits per heavy atom. The van der Waals surface area contributed by atoms with Gasteiger partial charge in [0.1, 0.15) is 0 Å². The van der Waals surface area contributed by atoms with Crippen molar-refractivity contribution in [3.8, 4) is 0 Å². The van der Waals surface area contributed by atoms with E-state index in [2.05, 4.69) is 29.5 Å². The number of hydrogen-bond donors (Lipinski definition) is 1. The summed E-state index contributed by atoms with van der Waals surface area (Å²) in [6.07, 6.45) is 9.35. The zero-order valence-corrected chi connectivity index (χ0v) is 7.37. The molecule has 0 aromatic rings. The molecule has 1 heterocycles. The average molecular weight is 164 g/mol. The van der Waals surface area contributed by atoms with Gasteiger partial charge in [0.05, 0.1) is 6.17 Å². The Labute approximate surface area is 74.3 Å². The van der Waals surface area contributed by atoms with Crippen LogP contribution in [0.2, 0.25) is 0 Å². The summed E-state index contributed by atoms with van der Waals surface area (Å²) in [6, 6.07) is 0. The van der Waals surface area contributed by atoms with E-state index in [1.165, 1.54) is 0 Å². The van der Waals surface area contributed by atoms with E-state index in [0.717, 1.165) is 19.5 Å². The van der Waals surface area contributed by atoms with Gasteiger partial charge in [-0.25, -0.2) is 0 Å². The summed E-state index contributed by atoms with van der Waals surface area (Å²) in [7, 11) is 0. The van der Waals surface area contributed by atoms with E-state index in [1.54, 1.807) is 0 Å². The second-order valence-corrected chi connectivity index (χ2v) is 2.85. The molecular weight excluding hydrogens is 148 g/mol. The van der Waals surface area contributed by atoms with E-state index in [-0.39, 0.29) is 0 Å². The lowest BCUT2D eigenvalue weighted by Crippen LogP contribution is -2.46. The van der Waals surface area contributed by atoms with Crippen LogP contribution in [0.4, 0.5) is 0 Å². The summed E-state index contributed by atoms with van der Waals surface area (Å²) in [4.78, 5) is 2.31. The van der Waals surface area contributed by atoms with Crippen LogP contribution in [0.5, 0.6) is 0 Å². The van der Waals surface area contributed by atoms with Gasteiger partial charge in [-0.05, 0) is 12.6 Å². The molecule has 1 N–H and O–H groups in total. The van der Waals surface area contributed by atoms with Gasteiger partial charge < -0.3 is 5.32 Å². The van der Waals surface area contributed by atoms with Gasteiger partial charge >= 0.3 is 0 Å². The van der Waals surface area contributed by atoms with Crippen LogP contribution in [0.15, 0.2) is 37.6 Å². The fraction of sp³-hybridized carbons (Fsp3) is 0.400. The highest BCUT2D eigenvalue weighted by Crippen LogP contribution is 2.05. The molecule has 0 radical (unpaired) electrons. The normalized spacial score (nSPS) is 23.2. The minimum Gasteiger partial charge on any atom is -0.375 e. The van der Waals surface area contributed by atoms with Crippen molar-refractivity contribution in [3.63, 3.8) is 0 Å². The average Bonchev–Trinajstić information content (AvgIpc) is 2.09. The first-order valence-corrected chi connectivity index (χ1v) is 4.25. The summed E-state index contributed by atoms with van der Waals surface area (Å²) in [6.45, 7) is 9.39. The monoisotopic (exact) mass is 164 g/mol. The first-order chi connectivity index (χ1) is 5.88. The van der Waals surface area contributed by atoms with Gasteiger partial charge in [0.15, 0.2) is 0 Å². The highest BCUT2D eigenvalue weighted by molar-refractivity contribution is 4.96. The molecule has 0 spiro atoms. The molecule has 66 valence electrons. The van der Waals surface area contributed by atoms with Crippen molar-refractivity contribution < 1.29 is 0 Å². The number of rotatable bonds is 4. The zero-order chi connectivity index (χ0) is 8.81. The molecule has 1 aliphatic rings. The van der Waals surface area contributed by atoms with Gasteiger partial charge in [-0.3, -0.25) is 4.90 Å². The quantitative estimate of drug-likeness (QED) is 0.633. The Hall–Kier alpha value is -1.02. The van der Waals surface area contributed by atoms with Crippen LogP contribution in [0.1, 0.15) is 6.42 Å². The SMILES string of the molecule is C=CCC1NC=CCN1CC=C. The second-order valence-electron chi connectivity index (χ2n) is 2.85. The van der Waals surface area contributed by atoms with Crippen molar-refractivity contribution in [2.75, 3.05) is 13.1 Å². The van der Waals surface area contributed by atoms with Gasteiger partial charge in [0.2, 0.25) is 0 Å². The summed E-state index contributed by atoms with van der Waals surface area (Å²) in [5, 5.41) is 3.28. The van der Waals surface area contributed by atoms with Crippen LogP contribution >= 0.6 is 0 Å². The van der Waals surface area contributed by atoms with Crippen molar-refractivity contribution in [3.05, 3.63) is 37.6 Å². The second kappa shape index (κ2) is 4.78. The van der Waals surface area contributed by atoms with Crippen LogP contribution in [0.25, 0.3) is 0 Å². The van der Waals surface area contributed by atoms with E-state index in [1.807, 2.05) is 18.4 Å². The standard InChI is InChI=1S/C10H16N2/c1-3-6-10-11-7-5-9-12(10)8-4-2/h3-5,7,10-11H,1-2,6,8-9H2. The Kier molecular flexibility index (Phi) is 3.61. The molecule has 0 aromatic heterocycles. The molecule has 12 heavy (non-hydrogen) atoms. The lowest BCUT2D eigenvalue weighted by molar-refractivity contribution is 0.208. The van der Waals surface area contributed by atoms with Crippen molar-refractivity contribution in [2.45, 2.75) is 12.6 Å². The third-order valence-electron chi connectivity index (χ3n) is 1.94. The molecule has 0 fully saturated rings. The maximum atomic E-state index is 3.73. The van der Waals surface area contributed by atoms with Gasteiger partial charge in [0.25, 0.3) is 0 Å². The summed E-state index contributed by atoms with van der Waals surface area (Å²) in [5.74, 6) is 0. The summed E-state index contributed by atoms with van der Waals surface area (Å²) in [5.41, 5.74) is 0. The van der Waals surface area contributed by atoms with E-state index in [0.29, 0.717) is 6.17 Å². The first kappa shape index (κ1) is 9.07. The molecule has 0 aliphatic carbocycles.